The molecule has 4 rings (SSSR count). The fourth-order valence-electron chi connectivity index (χ4n) is 3.88. The van der Waals surface area contributed by atoms with Crippen LogP contribution in [0.3, 0.4) is 0 Å². The smallest absolute Gasteiger partial charge is 0.418 e. The van der Waals surface area contributed by atoms with Crippen molar-refractivity contribution < 1.29 is 9.53 Å². The van der Waals surface area contributed by atoms with Gasteiger partial charge in [-0.2, -0.15) is 0 Å². The average Bonchev–Trinajstić information content (AvgIpc) is 2.81. The molecule has 0 radical (unpaired) electrons. The third kappa shape index (κ3) is 1.54. The van der Waals surface area contributed by atoms with Crippen LogP contribution in [0.2, 0.25) is 0 Å². The lowest BCUT2D eigenvalue weighted by Crippen LogP contribution is -2.37. The van der Waals surface area contributed by atoms with Crippen LogP contribution in [0.5, 0.6) is 0 Å². The van der Waals surface area contributed by atoms with Crippen molar-refractivity contribution in [1.29, 1.82) is 0 Å². The monoisotopic (exact) mass is 270 g/mol. The standard InChI is InChI=1S/C16H18N2O2/c1-20-16(19)18-13-5-3-2-4-11(13)15-12-8-10(6-7-17-12)9-14(15)18/h2-5,10,12,17H,6-9H2,1H3/t10-,12+/m0/s1. The van der Waals surface area contributed by atoms with E-state index in [0.717, 1.165) is 24.2 Å². The SMILES string of the molecule is COC(=O)n1c2c(c3ccccc31)[C@H]1C[C@H](CCN1)C2. The van der Waals surface area contributed by atoms with Gasteiger partial charge in [-0.3, -0.25) is 0 Å². The maximum atomic E-state index is 12.2. The molecule has 1 aromatic heterocycles. The highest BCUT2D eigenvalue weighted by Gasteiger charge is 2.35. The second-order valence-corrected chi connectivity index (χ2v) is 5.78. The molecule has 2 atom stereocenters. The summed E-state index contributed by atoms with van der Waals surface area (Å²) in [6.45, 7) is 1.08. The quantitative estimate of drug-likeness (QED) is 0.800. The molecule has 0 unspecified atom stereocenters. The van der Waals surface area contributed by atoms with Gasteiger partial charge in [-0.15, -0.1) is 0 Å². The number of para-hydroxylation sites is 1. The molecule has 0 amide bonds. The molecule has 1 aromatic carbocycles. The second kappa shape index (κ2) is 4.35. The zero-order valence-corrected chi connectivity index (χ0v) is 11.6. The molecule has 4 heteroatoms. The highest BCUT2D eigenvalue weighted by molar-refractivity contribution is 5.94. The molecule has 2 bridgehead atoms. The number of ether oxygens (including phenoxy) is 1. The lowest BCUT2D eigenvalue weighted by Gasteiger charge is -2.36. The Balaban J connectivity index is 2.03. The first kappa shape index (κ1) is 12.0. The summed E-state index contributed by atoms with van der Waals surface area (Å²) in [5, 5.41) is 4.79. The van der Waals surface area contributed by atoms with Crippen LogP contribution < -0.4 is 5.32 Å². The number of carbonyl (C=O) groups is 1. The van der Waals surface area contributed by atoms with Crippen molar-refractivity contribution in [3.8, 4) is 0 Å². The number of piperidine rings is 1. The van der Waals surface area contributed by atoms with Crippen molar-refractivity contribution in [3.63, 3.8) is 0 Å². The molecule has 1 aliphatic carbocycles. The number of nitrogens with one attached hydrogen (secondary N) is 1. The van der Waals surface area contributed by atoms with Crippen LogP contribution in [0.4, 0.5) is 4.79 Å². The van der Waals surface area contributed by atoms with E-state index in [1.807, 2.05) is 18.2 Å². The summed E-state index contributed by atoms with van der Waals surface area (Å²) in [6.07, 6.45) is 3.08. The van der Waals surface area contributed by atoms with Crippen molar-refractivity contribution in [1.82, 2.24) is 9.88 Å². The summed E-state index contributed by atoms with van der Waals surface area (Å²) >= 11 is 0. The minimum atomic E-state index is -0.276. The molecule has 1 saturated heterocycles. The maximum absolute atomic E-state index is 12.2. The number of benzene rings is 1. The van der Waals surface area contributed by atoms with Crippen molar-refractivity contribution in [2.75, 3.05) is 13.7 Å². The molecule has 1 fully saturated rings. The Morgan fingerprint density at radius 3 is 3.10 bits per heavy atom. The lowest BCUT2D eigenvalue weighted by atomic mass is 9.79. The normalized spacial score (nSPS) is 24.4. The van der Waals surface area contributed by atoms with E-state index < -0.39 is 0 Å². The predicted octanol–water partition coefficient (Wildman–Crippen LogP) is 2.85. The Morgan fingerprint density at radius 1 is 1.40 bits per heavy atom. The summed E-state index contributed by atoms with van der Waals surface area (Å²) in [5.41, 5.74) is 3.42. The molecule has 2 aliphatic rings. The van der Waals surface area contributed by atoms with Gasteiger partial charge in [-0.1, -0.05) is 18.2 Å². The molecule has 20 heavy (non-hydrogen) atoms. The number of aromatic nitrogens is 1. The van der Waals surface area contributed by atoms with Crippen molar-refractivity contribution in [3.05, 3.63) is 35.5 Å². The van der Waals surface area contributed by atoms with Crippen LogP contribution in [0.15, 0.2) is 24.3 Å². The van der Waals surface area contributed by atoms with Gasteiger partial charge in [0, 0.05) is 17.1 Å². The third-order valence-corrected chi connectivity index (χ3v) is 4.72. The van der Waals surface area contributed by atoms with E-state index in [-0.39, 0.29) is 6.09 Å². The van der Waals surface area contributed by atoms with Crippen LogP contribution in [-0.4, -0.2) is 24.3 Å². The van der Waals surface area contributed by atoms with E-state index in [4.69, 9.17) is 4.74 Å². The van der Waals surface area contributed by atoms with Gasteiger partial charge in [0.25, 0.3) is 0 Å². The number of rotatable bonds is 0. The fourth-order valence-corrected chi connectivity index (χ4v) is 3.88. The van der Waals surface area contributed by atoms with Gasteiger partial charge in [-0.05, 0) is 43.4 Å². The van der Waals surface area contributed by atoms with E-state index in [1.165, 1.54) is 30.9 Å². The molecule has 104 valence electrons. The van der Waals surface area contributed by atoms with Crippen LogP contribution >= 0.6 is 0 Å². The molecule has 1 N–H and O–H groups in total. The average molecular weight is 270 g/mol. The Kier molecular flexibility index (Phi) is 2.60. The van der Waals surface area contributed by atoms with Crippen LogP contribution in [0, 0.1) is 5.92 Å². The molecule has 1 aliphatic heterocycles. The van der Waals surface area contributed by atoms with E-state index in [1.54, 1.807) is 4.57 Å². The van der Waals surface area contributed by atoms with Crippen molar-refractivity contribution in [2.45, 2.75) is 25.3 Å². The molecule has 0 spiro atoms. The van der Waals surface area contributed by atoms with Gasteiger partial charge in [0.2, 0.25) is 0 Å². The van der Waals surface area contributed by atoms with Crippen LogP contribution in [0.25, 0.3) is 10.9 Å². The highest BCUT2D eigenvalue weighted by atomic mass is 16.5. The van der Waals surface area contributed by atoms with E-state index >= 15 is 0 Å². The molecular weight excluding hydrogens is 252 g/mol. The van der Waals surface area contributed by atoms with Gasteiger partial charge in [0.05, 0.1) is 12.6 Å². The number of hydrogen-bond donors (Lipinski definition) is 1. The first-order valence-electron chi connectivity index (χ1n) is 7.23. The minimum Gasteiger partial charge on any atom is -0.452 e. The summed E-state index contributed by atoms with van der Waals surface area (Å²) in [6, 6.07) is 8.53. The number of hydrogen-bond acceptors (Lipinski definition) is 3. The molecular formula is C16H18N2O2. The minimum absolute atomic E-state index is 0.276. The predicted molar refractivity (Wildman–Crippen MR) is 76.9 cm³/mol. The van der Waals surface area contributed by atoms with E-state index in [2.05, 4.69) is 11.4 Å². The highest BCUT2D eigenvalue weighted by Crippen LogP contribution is 2.42. The van der Waals surface area contributed by atoms with Gasteiger partial charge in [0.15, 0.2) is 0 Å². The molecule has 4 nitrogen and oxygen atoms in total. The largest absolute Gasteiger partial charge is 0.452 e. The number of carbonyl (C=O) groups excluding carboxylic acids is 1. The van der Waals surface area contributed by atoms with Gasteiger partial charge < -0.3 is 10.1 Å². The van der Waals surface area contributed by atoms with Crippen molar-refractivity contribution in [2.24, 2.45) is 5.92 Å². The van der Waals surface area contributed by atoms with Crippen LogP contribution in [-0.2, 0) is 11.2 Å². The zero-order valence-electron chi connectivity index (χ0n) is 11.6. The summed E-state index contributed by atoms with van der Waals surface area (Å²) in [7, 11) is 1.45. The van der Waals surface area contributed by atoms with Crippen LogP contribution in [0.1, 0.15) is 30.1 Å². The first-order valence-corrected chi connectivity index (χ1v) is 7.23. The second-order valence-electron chi connectivity index (χ2n) is 5.78. The topological polar surface area (TPSA) is 43.3 Å². The Labute approximate surface area is 117 Å². The Morgan fingerprint density at radius 2 is 2.25 bits per heavy atom. The van der Waals surface area contributed by atoms with Gasteiger partial charge in [0.1, 0.15) is 0 Å². The first-order chi connectivity index (χ1) is 9.79. The summed E-state index contributed by atoms with van der Waals surface area (Å²) in [5.74, 6) is 0.682. The molecule has 0 saturated carbocycles. The van der Waals surface area contributed by atoms with Gasteiger partial charge in [-0.25, -0.2) is 9.36 Å². The summed E-state index contributed by atoms with van der Waals surface area (Å²) < 4.78 is 6.77. The number of methoxy groups -OCH3 is 1. The number of fused-ring (bicyclic) bond motifs is 6. The third-order valence-electron chi connectivity index (χ3n) is 4.72. The molecule has 2 heterocycles. The maximum Gasteiger partial charge on any atom is 0.418 e. The zero-order chi connectivity index (χ0) is 13.7. The van der Waals surface area contributed by atoms with E-state index in [9.17, 15) is 4.79 Å². The Bertz CT molecular complexity index is 689. The van der Waals surface area contributed by atoms with E-state index in [0.29, 0.717) is 12.0 Å². The lowest BCUT2D eigenvalue weighted by molar-refractivity contribution is 0.172. The summed E-state index contributed by atoms with van der Waals surface area (Å²) in [4.78, 5) is 12.2. The number of nitrogens with zero attached hydrogens (tertiary/aromatic N) is 1. The Hall–Kier alpha value is -1.81. The molecule has 2 aromatic rings. The van der Waals surface area contributed by atoms with Gasteiger partial charge >= 0.3 is 6.09 Å². The fraction of sp³-hybridized carbons (Fsp3) is 0.438. The van der Waals surface area contributed by atoms with Crippen molar-refractivity contribution >= 4 is 17.0 Å².